The third-order valence-electron chi connectivity index (χ3n) is 4.09. The molecule has 7 nitrogen and oxygen atoms in total. The fourth-order valence-electron chi connectivity index (χ4n) is 2.93. The Bertz CT molecular complexity index is 635. The van der Waals surface area contributed by atoms with Gasteiger partial charge in [0.1, 0.15) is 11.4 Å². The zero-order valence-corrected chi connectivity index (χ0v) is 13.7. The van der Waals surface area contributed by atoms with Gasteiger partial charge in [-0.05, 0) is 18.6 Å². The molecule has 2 unspecified atom stereocenters. The van der Waals surface area contributed by atoms with Gasteiger partial charge in [0.2, 0.25) is 0 Å². The van der Waals surface area contributed by atoms with Crippen molar-refractivity contribution in [3.8, 4) is 11.5 Å². The fraction of sp³-hybridized carbons (Fsp3) is 0.500. The number of hydrogen-bond donors (Lipinski definition) is 1. The third kappa shape index (κ3) is 3.43. The number of benzene rings is 1. The van der Waals surface area contributed by atoms with E-state index in [1.54, 1.807) is 0 Å². The highest BCUT2D eigenvalue weighted by Crippen LogP contribution is 2.35. The highest BCUT2D eigenvalue weighted by molar-refractivity contribution is 5.98. The Balaban J connectivity index is 2.41. The second kappa shape index (κ2) is 7.48. The van der Waals surface area contributed by atoms with E-state index in [-0.39, 0.29) is 36.1 Å². The minimum absolute atomic E-state index is 0.0163. The molecule has 1 aliphatic rings. The Kier molecular flexibility index (Phi) is 5.61. The molecule has 0 radical (unpaired) electrons. The minimum atomic E-state index is -1.03. The highest BCUT2D eigenvalue weighted by Gasteiger charge is 2.39. The first-order chi connectivity index (χ1) is 11.4. The van der Waals surface area contributed by atoms with Gasteiger partial charge in [0, 0.05) is 19.7 Å². The summed E-state index contributed by atoms with van der Waals surface area (Å²) in [6.07, 6.45) is -0.153. The summed E-state index contributed by atoms with van der Waals surface area (Å²) in [4.78, 5) is 25.2. The van der Waals surface area contributed by atoms with Crippen molar-refractivity contribution in [1.29, 1.82) is 0 Å². The molecule has 1 heterocycles. The number of hydrogen-bond acceptors (Lipinski definition) is 5. The van der Waals surface area contributed by atoms with Crippen molar-refractivity contribution in [1.82, 2.24) is 4.90 Å². The second-order valence-electron chi connectivity index (χ2n) is 5.46. The smallest absolute Gasteiger partial charge is 0.305 e. The van der Waals surface area contributed by atoms with Crippen molar-refractivity contribution in [3.05, 3.63) is 23.5 Å². The average molecular weight is 341 g/mol. The summed E-state index contributed by atoms with van der Waals surface area (Å²) in [5.74, 6) is -2.23. The van der Waals surface area contributed by atoms with Crippen LogP contribution in [0.3, 0.4) is 0 Å². The number of amides is 1. The Morgan fingerprint density at radius 1 is 1.29 bits per heavy atom. The largest absolute Gasteiger partial charge is 0.493 e. The number of likely N-dealkylation sites (tertiary alicyclic amines) is 1. The van der Waals surface area contributed by atoms with E-state index < -0.39 is 23.7 Å². The van der Waals surface area contributed by atoms with Crippen molar-refractivity contribution < 1.29 is 33.3 Å². The lowest BCUT2D eigenvalue weighted by atomic mass is 10.1. The minimum Gasteiger partial charge on any atom is -0.493 e. The van der Waals surface area contributed by atoms with Crippen molar-refractivity contribution in [3.63, 3.8) is 0 Å². The van der Waals surface area contributed by atoms with Crippen molar-refractivity contribution in [2.24, 2.45) is 0 Å². The number of halogens is 1. The molecule has 1 aromatic carbocycles. The quantitative estimate of drug-likeness (QED) is 0.845. The highest BCUT2D eigenvalue weighted by atomic mass is 19.1. The van der Waals surface area contributed by atoms with Crippen LogP contribution in [0.25, 0.3) is 0 Å². The lowest BCUT2D eigenvalue weighted by Crippen LogP contribution is -2.38. The van der Waals surface area contributed by atoms with E-state index in [0.717, 1.165) is 6.07 Å². The summed E-state index contributed by atoms with van der Waals surface area (Å²) < 4.78 is 29.8. The number of aliphatic carboxylic acids is 1. The first-order valence-corrected chi connectivity index (χ1v) is 7.38. The summed E-state index contributed by atoms with van der Waals surface area (Å²) in [6.45, 7) is 0.188. The SMILES string of the molecule is COc1ccc(F)c(C(=O)N2CC(OC)CC2CC(=O)O)c1OC. The van der Waals surface area contributed by atoms with Crippen LogP contribution in [0.15, 0.2) is 12.1 Å². The molecule has 2 rings (SSSR count). The van der Waals surface area contributed by atoms with Gasteiger partial charge in [-0.2, -0.15) is 0 Å². The first-order valence-electron chi connectivity index (χ1n) is 7.38. The van der Waals surface area contributed by atoms with Gasteiger partial charge in [-0.25, -0.2) is 4.39 Å². The van der Waals surface area contributed by atoms with Crippen molar-refractivity contribution >= 4 is 11.9 Å². The molecule has 24 heavy (non-hydrogen) atoms. The average Bonchev–Trinajstić information content (AvgIpc) is 2.96. The maximum absolute atomic E-state index is 14.3. The standard InChI is InChI=1S/C16H20FNO6/c1-22-10-6-9(7-13(19)20)18(8-10)16(21)14-11(17)4-5-12(23-2)15(14)24-3/h4-5,9-10H,6-8H2,1-3H3,(H,19,20). The summed E-state index contributed by atoms with van der Waals surface area (Å²) in [6, 6.07) is 1.90. The Morgan fingerprint density at radius 2 is 2.00 bits per heavy atom. The van der Waals surface area contributed by atoms with Crippen LogP contribution >= 0.6 is 0 Å². The van der Waals surface area contributed by atoms with Gasteiger partial charge in [0.05, 0.1) is 26.7 Å². The molecule has 1 aliphatic heterocycles. The normalized spacial score (nSPS) is 20.1. The van der Waals surface area contributed by atoms with Gasteiger partial charge >= 0.3 is 5.97 Å². The molecule has 0 aliphatic carbocycles. The van der Waals surface area contributed by atoms with E-state index >= 15 is 0 Å². The van der Waals surface area contributed by atoms with E-state index in [1.165, 1.54) is 32.3 Å². The zero-order valence-electron chi connectivity index (χ0n) is 13.7. The van der Waals surface area contributed by atoms with Crippen LogP contribution in [0.4, 0.5) is 4.39 Å². The third-order valence-corrected chi connectivity index (χ3v) is 4.09. The summed E-state index contributed by atoms with van der Waals surface area (Å²) >= 11 is 0. The maximum atomic E-state index is 14.3. The zero-order chi connectivity index (χ0) is 17.9. The van der Waals surface area contributed by atoms with Gasteiger partial charge in [-0.1, -0.05) is 0 Å². The van der Waals surface area contributed by atoms with E-state index in [4.69, 9.17) is 19.3 Å². The predicted octanol–water partition coefficient (Wildman–Crippen LogP) is 1.55. The second-order valence-corrected chi connectivity index (χ2v) is 5.46. The molecular weight excluding hydrogens is 321 g/mol. The maximum Gasteiger partial charge on any atom is 0.305 e. The van der Waals surface area contributed by atoms with Crippen molar-refractivity contribution in [2.75, 3.05) is 27.9 Å². The van der Waals surface area contributed by atoms with Gasteiger partial charge in [-0.15, -0.1) is 0 Å². The van der Waals surface area contributed by atoms with Crippen LogP contribution in [0.5, 0.6) is 11.5 Å². The van der Waals surface area contributed by atoms with Crippen LogP contribution in [-0.4, -0.2) is 61.9 Å². The predicted molar refractivity (Wildman–Crippen MR) is 82.0 cm³/mol. The molecule has 132 valence electrons. The first kappa shape index (κ1) is 18.0. The van der Waals surface area contributed by atoms with Crippen LogP contribution in [0.2, 0.25) is 0 Å². The van der Waals surface area contributed by atoms with Crippen LogP contribution < -0.4 is 9.47 Å². The molecule has 1 aromatic rings. The van der Waals surface area contributed by atoms with Crippen LogP contribution in [0, 0.1) is 5.82 Å². The molecule has 2 atom stereocenters. The van der Waals surface area contributed by atoms with E-state index in [1.807, 2.05) is 0 Å². The summed E-state index contributed by atoms with van der Waals surface area (Å²) in [7, 11) is 4.18. The topological polar surface area (TPSA) is 85.3 Å². The number of carboxylic acids is 1. The lowest BCUT2D eigenvalue weighted by molar-refractivity contribution is -0.137. The van der Waals surface area contributed by atoms with Gasteiger partial charge in [0.25, 0.3) is 5.91 Å². The molecule has 0 spiro atoms. The van der Waals surface area contributed by atoms with Gasteiger partial charge in [0.15, 0.2) is 11.5 Å². The molecule has 8 heteroatoms. The lowest BCUT2D eigenvalue weighted by Gasteiger charge is -2.24. The van der Waals surface area contributed by atoms with Crippen LogP contribution in [-0.2, 0) is 9.53 Å². The number of carbonyl (C=O) groups excluding carboxylic acids is 1. The van der Waals surface area contributed by atoms with E-state index in [2.05, 4.69) is 0 Å². The Hall–Kier alpha value is -2.35. The Morgan fingerprint density at radius 3 is 2.54 bits per heavy atom. The number of rotatable bonds is 6. The fourth-order valence-corrected chi connectivity index (χ4v) is 2.93. The number of nitrogens with zero attached hydrogens (tertiary/aromatic N) is 1. The molecule has 0 aromatic heterocycles. The number of methoxy groups -OCH3 is 3. The molecule has 1 saturated heterocycles. The summed E-state index contributed by atoms with van der Waals surface area (Å²) in [5.41, 5.74) is -0.274. The molecular formula is C16H20FNO6. The monoisotopic (exact) mass is 341 g/mol. The van der Waals surface area contributed by atoms with Gasteiger partial charge in [-0.3, -0.25) is 9.59 Å². The number of carbonyl (C=O) groups is 2. The molecule has 1 amide bonds. The number of ether oxygens (including phenoxy) is 3. The molecule has 1 fully saturated rings. The van der Waals surface area contributed by atoms with E-state index in [9.17, 15) is 14.0 Å². The van der Waals surface area contributed by atoms with Crippen molar-refractivity contribution in [2.45, 2.75) is 25.0 Å². The molecule has 0 saturated carbocycles. The number of carboxylic acid groups (broad SMARTS) is 1. The summed E-state index contributed by atoms with van der Waals surface area (Å²) in [5, 5.41) is 9.04. The van der Waals surface area contributed by atoms with Gasteiger partial charge < -0.3 is 24.2 Å². The molecule has 0 bridgehead atoms. The van der Waals surface area contributed by atoms with E-state index in [0.29, 0.717) is 6.42 Å². The molecule has 1 N–H and O–H groups in total. The Labute approximate surface area is 138 Å². The van der Waals surface area contributed by atoms with Crippen LogP contribution in [0.1, 0.15) is 23.2 Å².